The molecule has 0 saturated carbocycles. The van der Waals surface area contributed by atoms with Gasteiger partial charge < -0.3 is 14.2 Å². The van der Waals surface area contributed by atoms with Crippen molar-refractivity contribution in [3.8, 4) is 33.5 Å². The quantitative estimate of drug-likeness (QED) is 0.420. The summed E-state index contributed by atoms with van der Waals surface area (Å²) in [4.78, 5) is 17.8. The van der Waals surface area contributed by atoms with Gasteiger partial charge in [-0.1, -0.05) is 11.3 Å². The Labute approximate surface area is 176 Å². The molecule has 0 fully saturated rings. The first kappa shape index (κ1) is 19.6. The van der Waals surface area contributed by atoms with E-state index in [9.17, 15) is 4.79 Å². The number of rotatable bonds is 7. The molecule has 0 atom stereocenters. The van der Waals surface area contributed by atoms with Crippen molar-refractivity contribution in [1.29, 1.82) is 0 Å². The maximum atomic E-state index is 13.5. The predicted octanol–water partition coefficient (Wildman–Crippen LogP) is 3.65. The van der Waals surface area contributed by atoms with Crippen molar-refractivity contribution in [3.63, 3.8) is 0 Å². The van der Waals surface area contributed by atoms with Gasteiger partial charge in [0.05, 0.1) is 39.4 Å². The first-order valence-corrected chi connectivity index (χ1v) is 9.79. The maximum absolute atomic E-state index is 13.5. The third kappa shape index (κ3) is 3.50. The molecule has 4 rings (SSSR count). The van der Waals surface area contributed by atoms with Crippen LogP contribution in [0.3, 0.4) is 0 Å². The monoisotopic (exact) mass is 422 g/mol. The first-order valence-electron chi connectivity index (χ1n) is 8.91. The van der Waals surface area contributed by atoms with Gasteiger partial charge in [0.1, 0.15) is 5.01 Å². The molecule has 0 N–H and O–H groups in total. The van der Waals surface area contributed by atoms with E-state index in [4.69, 9.17) is 14.2 Å². The highest BCUT2D eigenvalue weighted by Crippen LogP contribution is 2.39. The van der Waals surface area contributed by atoms with Gasteiger partial charge in [0.2, 0.25) is 5.75 Å². The lowest BCUT2D eigenvalue weighted by Crippen LogP contribution is -2.09. The fraction of sp³-hybridized carbons (Fsp3) is 0.143. The highest BCUT2D eigenvalue weighted by Gasteiger charge is 2.21. The SMILES string of the molecule is COc1cc(C(=O)c2ccc(-c3nccs3)cc2-n2ccnn2)cc(OC)c1OC. The van der Waals surface area contributed by atoms with Crippen LogP contribution in [-0.2, 0) is 0 Å². The molecule has 0 spiro atoms. The molecule has 2 aromatic heterocycles. The Balaban J connectivity index is 1.85. The summed E-state index contributed by atoms with van der Waals surface area (Å²) in [6.45, 7) is 0. The summed E-state index contributed by atoms with van der Waals surface area (Å²) >= 11 is 1.52. The van der Waals surface area contributed by atoms with Crippen molar-refractivity contribution >= 4 is 17.1 Å². The molecule has 30 heavy (non-hydrogen) atoms. The fourth-order valence-corrected chi connectivity index (χ4v) is 3.75. The van der Waals surface area contributed by atoms with Gasteiger partial charge in [0, 0.05) is 28.3 Å². The van der Waals surface area contributed by atoms with Crippen LogP contribution >= 0.6 is 11.3 Å². The maximum Gasteiger partial charge on any atom is 0.203 e. The van der Waals surface area contributed by atoms with Crippen LogP contribution in [-0.4, -0.2) is 47.1 Å². The minimum absolute atomic E-state index is 0.217. The zero-order valence-corrected chi connectivity index (χ0v) is 17.3. The second-order valence-electron chi connectivity index (χ2n) is 6.16. The van der Waals surface area contributed by atoms with Gasteiger partial charge in [-0.15, -0.1) is 16.4 Å². The second kappa shape index (κ2) is 8.34. The van der Waals surface area contributed by atoms with Crippen LogP contribution in [0.15, 0.2) is 54.3 Å². The Morgan fingerprint density at radius 3 is 2.33 bits per heavy atom. The van der Waals surface area contributed by atoms with Gasteiger partial charge in [0.25, 0.3) is 0 Å². The van der Waals surface area contributed by atoms with Crippen LogP contribution in [0.4, 0.5) is 0 Å². The van der Waals surface area contributed by atoms with Gasteiger partial charge in [-0.3, -0.25) is 4.79 Å². The minimum Gasteiger partial charge on any atom is -0.493 e. The Hall–Kier alpha value is -3.72. The fourth-order valence-electron chi connectivity index (χ4n) is 3.12. The molecule has 8 nitrogen and oxygen atoms in total. The van der Waals surface area contributed by atoms with Gasteiger partial charge in [-0.25, -0.2) is 9.67 Å². The Morgan fingerprint density at radius 2 is 1.77 bits per heavy atom. The minimum atomic E-state index is -0.217. The van der Waals surface area contributed by atoms with E-state index in [1.54, 1.807) is 41.5 Å². The Kier molecular flexibility index (Phi) is 5.44. The van der Waals surface area contributed by atoms with Crippen LogP contribution < -0.4 is 14.2 Å². The Bertz CT molecular complexity index is 1150. The zero-order chi connectivity index (χ0) is 21.1. The van der Waals surface area contributed by atoms with Crippen molar-refractivity contribution in [2.75, 3.05) is 21.3 Å². The summed E-state index contributed by atoms with van der Waals surface area (Å²) in [5, 5.41) is 10.7. The average Bonchev–Trinajstić information content (AvgIpc) is 3.51. The lowest BCUT2D eigenvalue weighted by atomic mass is 9.99. The van der Waals surface area contributed by atoms with Crippen molar-refractivity contribution in [2.24, 2.45) is 0 Å². The van der Waals surface area contributed by atoms with E-state index in [-0.39, 0.29) is 5.78 Å². The van der Waals surface area contributed by atoms with Crippen LogP contribution in [0, 0.1) is 0 Å². The summed E-state index contributed by atoms with van der Waals surface area (Å²) in [7, 11) is 4.53. The summed E-state index contributed by atoms with van der Waals surface area (Å²) in [5.74, 6) is 1.02. The highest BCUT2D eigenvalue weighted by molar-refractivity contribution is 7.13. The summed E-state index contributed by atoms with van der Waals surface area (Å²) in [6, 6.07) is 8.76. The molecular formula is C21H18N4O4S. The molecule has 2 aromatic carbocycles. The highest BCUT2D eigenvalue weighted by atomic mass is 32.1. The molecule has 0 aliphatic heterocycles. The van der Waals surface area contributed by atoms with Gasteiger partial charge in [-0.05, 0) is 24.3 Å². The summed E-state index contributed by atoms with van der Waals surface area (Å²) in [5.41, 5.74) is 2.33. The van der Waals surface area contributed by atoms with Crippen molar-refractivity contribution < 1.29 is 19.0 Å². The topological polar surface area (TPSA) is 88.4 Å². The molecule has 152 valence electrons. The number of carbonyl (C=O) groups excluding carboxylic acids is 1. The third-order valence-electron chi connectivity index (χ3n) is 4.52. The number of carbonyl (C=O) groups is 1. The zero-order valence-electron chi connectivity index (χ0n) is 16.5. The molecule has 2 heterocycles. The lowest BCUT2D eigenvalue weighted by Gasteiger charge is -2.15. The molecule has 0 unspecified atom stereocenters. The Morgan fingerprint density at radius 1 is 1.00 bits per heavy atom. The van der Waals surface area contributed by atoms with Crippen molar-refractivity contribution in [1.82, 2.24) is 20.0 Å². The molecule has 0 bridgehead atoms. The largest absolute Gasteiger partial charge is 0.493 e. The van der Waals surface area contributed by atoms with Crippen molar-refractivity contribution in [3.05, 3.63) is 65.4 Å². The van der Waals surface area contributed by atoms with Crippen LogP contribution in [0.5, 0.6) is 17.2 Å². The number of hydrogen-bond acceptors (Lipinski definition) is 8. The number of ether oxygens (including phenoxy) is 3. The van der Waals surface area contributed by atoms with E-state index in [2.05, 4.69) is 15.3 Å². The molecular weight excluding hydrogens is 404 g/mol. The van der Waals surface area contributed by atoms with Gasteiger partial charge in [0.15, 0.2) is 17.3 Å². The number of methoxy groups -OCH3 is 3. The average molecular weight is 422 g/mol. The molecule has 0 aliphatic carbocycles. The van der Waals surface area contributed by atoms with Gasteiger partial charge >= 0.3 is 0 Å². The van der Waals surface area contributed by atoms with Gasteiger partial charge in [-0.2, -0.15) is 0 Å². The molecule has 0 radical (unpaired) electrons. The van der Waals surface area contributed by atoms with E-state index >= 15 is 0 Å². The molecule has 0 aliphatic rings. The summed E-state index contributed by atoms with van der Waals surface area (Å²) in [6.07, 6.45) is 4.99. The second-order valence-corrected chi connectivity index (χ2v) is 7.05. The summed E-state index contributed by atoms with van der Waals surface area (Å²) < 4.78 is 17.7. The van der Waals surface area contributed by atoms with Crippen LogP contribution in [0.25, 0.3) is 16.3 Å². The number of ketones is 1. The third-order valence-corrected chi connectivity index (χ3v) is 5.34. The standard InChI is InChI=1S/C21H18N4O4S/c1-27-17-11-14(12-18(28-2)20(17)29-3)19(26)15-5-4-13(21-22-7-9-30-21)10-16(15)25-8-6-23-24-25/h4-12H,1-3H3. The van der Waals surface area contributed by atoms with E-state index in [0.717, 1.165) is 10.6 Å². The van der Waals surface area contributed by atoms with E-state index in [1.807, 2.05) is 17.5 Å². The number of nitrogens with zero attached hydrogens (tertiary/aromatic N) is 4. The lowest BCUT2D eigenvalue weighted by molar-refractivity contribution is 0.103. The molecule has 4 aromatic rings. The number of hydrogen-bond donors (Lipinski definition) is 0. The number of benzene rings is 2. The van der Waals surface area contributed by atoms with Crippen LogP contribution in [0.1, 0.15) is 15.9 Å². The molecule has 9 heteroatoms. The molecule has 0 saturated heterocycles. The smallest absolute Gasteiger partial charge is 0.203 e. The predicted molar refractivity (Wildman–Crippen MR) is 112 cm³/mol. The van der Waals surface area contributed by atoms with E-state index in [1.165, 1.54) is 32.7 Å². The first-order chi connectivity index (χ1) is 14.7. The molecule has 0 amide bonds. The van der Waals surface area contributed by atoms with E-state index < -0.39 is 0 Å². The normalized spacial score (nSPS) is 10.6. The van der Waals surface area contributed by atoms with Crippen LogP contribution in [0.2, 0.25) is 0 Å². The number of thiazole rings is 1. The van der Waals surface area contributed by atoms with E-state index in [0.29, 0.717) is 34.1 Å². The van der Waals surface area contributed by atoms with Crippen molar-refractivity contribution in [2.45, 2.75) is 0 Å². The number of aromatic nitrogens is 4.